The van der Waals surface area contributed by atoms with Crippen LogP contribution in [0.1, 0.15) is 48.9 Å². The molecule has 0 N–H and O–H groups in total. The topological polar surface area (TPSA) is 44.1 Å². The van der Waals surface area contributed by atoms with Gasteiger partial charge in [0.2, 0.25) is 0 Å². The van der Waals surface area contributed by atoms with Gasteiger partial charge in [-0.1, -0.05) is 48.6 Å². The predicted molar refractivity (Wildman–Crippen MR) is 116 cm³/mol. The van der Waals surface area contributed by atoms with Gasteiger partial charge in [-0.2, -0.15) is 18.4 Å². The van der Waals surface area contributed by atoms with E-state index in [1.54, 1.807) is 6.07 Å². The number of hydrogen-bond acceptors (Lipinski definition) is 3. The Kier molecular flexibility index (Phi) is 6.51. The van der Waals surface area contributed by atoms with Crippen LogP contribution in [-0.2, 0) is 23.9 Å². The lowest BCUT2D eigenvalue weighted by atomic mass is 9.80. The van der Waals surface area contributed by atoms with E-state index in [1.165, 1.54) is 12.1 Å². The first-order valence-electron chi connectivity index (χ1n) is 10.0. The average molecular weight is 445 g/mol. The highest BCUT2D eigenvalue weighted by Gasteiger charge is 2.43. The van der Waals surface area contributed by atoms with E-state index >= 15 is 0 Å². The van der Waals surface area contributed by atoms with Crippen molar-refractivity contribution in [3.63, 3.8) is 0 Å². The van der Waals surface area contributed by atoms with Crippen LogP contribution in [0.5, 0.6) is 0 Å². The van der Waals surface area contributed by atoms with Gasteiger partial charge in [-0.05, 0) is 49.9 Å². The molecule has 0 aliphatic carbocycles. The van der Waals surface area contributed by atoms with Crippen molar-refractivity contribution in [2.45, 2.75) is 51.4 Å². The molecule has 2 aromatic rings. The Balaban J connectivity index is 1.78. The summed E-state index contributed by atoms with van der Waals surface area (Å²) in [6.45, 7) is 4.22. The summed E-state index contributed by atoms with van der Waals surface area (Å²) in [7, 11) is 0. The molecule has 0 spiro atoms. The Bertz CT molecular complexity index is 1030. The lowest BCUT2D eigenvalue weighted by Crippen LogP contribution is -2.58. The van der Waals surface area contributed by atoms with Crippen LogP contribution in [0.15, 0.2) is 48.5 Å². The molecule has 2 aromatic carbocycles. The molecule has 0 radical (unpaired) electrons. The second-order valence-corrected chi connectivity index (χ2v) is 8.74. The number of aryl methyl sites for hydroxylation is 1. The Labute approximate surface area is 185 Å². The molecule has 0 bridgehead atoms. The number of carbonyl (C=O) groups is 1. The fourth-order valence-corrected chi connectivity index (χ4v) is 4.39. The van der Waals surface area contributed by atoms with E-state index < -0.39 is 22.8 Å². The minimum atomic E-state index is -4.59. The SMILES string of the molecule is CC1(C)C(=O)CC(CCc2ccc(C#N)c(C(F)(F)F)c2)C(=S)N1Cc1ccccc1. The Hall–Kier alpha value is -2.72. The van der Waals surface area contributed by atoms with Crippen LogP contribution >= 0.6 is 12.2 Å². The number of nitrogens with zero attached hydrogens (tertiary/aromatic N) is 2. The zero-order chi connectivity index (χ0) is 22.8. The normalized spacial score (nSPS) is 18.7. The van der Waals surface area contributed by atoms with Crippen molar-refractivity contribution >= 4 is 23.0 Å². The molecule has 1 unspecified atom stereocenters. The van der Waals surface area contributed by atoms with Crippen molar-refractivity contribution in [3.8, 4) is 6.07 Å². The van der Waals surface area contributed by atoms with Gasteiger partial charge in [0.05, 0.1) is 27.7 Å². The highest BCUT2D eigenvalue weighted by atomic mass is 32.1. The van der Waals surface area contributed by atoms with Crippen molar-refractivity contribution in [2.75, 3.05) is 0 Å². The van der Waals surface area contributed by atoms with Gasteiger partial charge in [-0.3, -0.25) is 4.79 Å². The predicted octanol–water partition coefficient (Wildman–Crippen LogP) is 5.71. The summed E-state index contributed by atoms with van der Waals surface area (Å²) in [6.07, 6.45) is -3.51. The lowest BCUT2D eigenvalue weighted by Gasteiger charge is -2.46. The largest absolute Gasteiger partial charge is 0.417 e. The van der Waals surface area contributed by atoms with Crippen LogP contribution in [0, 0.1) is 17.2 Å². The maximum atomic E-state index is 13.2. The number of halogens is 3. The zero-order valence-electron chi connectivity index (χ0n) is 17.4. The molecule has 3 rings (SSSR count). The average Bonchev–Trinajstić information content (AvgIpc) is 2.73. The molecule has 1 saturated heterocycles. The first-order valence-corrected chi connectivity index (χ1v) is 10.4. The fraction of sp³-hybridized carbons (Fsp3) is 0.375. The van der Waals surface area contributed by atoms with Crippen LogP contribution in [0.4, 0.5) is 13.2 Å². The van der Waals surface area contributed by atoms with E-state index in [0.717, 1.165) is 11.6 Å². The first kappa shape index (κ1) is 23.0. The van der Waals surface area contributed by atoms with Gasteiger partial charge in [-0.25, -0.2) is 0 Å². The minimum Gasteiger partial charge on any atom is -0.349 e. The van der Waals surface area contributed by atoms with Crippen molar-refractivity contribution in [1.82, 2.24) is 4.90 Å². The molecule has 1 atom stereocenters. The molecule has 1 aliphatic heterocycles. The van der Waals surface area contributed by atoms with Crippen molar-refractivity contribution in [1.29, 1.82) is 5.26 Å². The lowest BCUT2D eigenvalue weighted by molar-refractivity contribution is -0.137. The molecule has 3 nitrogen and oxygen atoms in total. The van der Waals surface area contributed by atoms with Gasteiger partial charge in [0.25, 0.3) is 0 Å². The van der Waals surface area contributed by atoms with Crippen LogP contribution in [-0.4, -0.2) is 21.2 Å². The Morgan fingerprint density at radius 1 is 1.16 bits per heavy atom. The molecule has 31 heavy (non-hydrogen) atoms. The van der Waals surface area contributed by atoms with E-state index in [1.807, 2.05) is 49.1 Å². The summed E-state index contributed by atoms with van der Waals surface area (Å²) >= 11 is 5.74. The van der Waals surface area contributed by atoms with Gasteiger partial charge in [0.1, 0.15) is 0 Å². The number of rotatable bonds is 5. The molecular formula is C24H23F3N2OS. The number of ketones is 1. The third kappa shape index (κ3) is 4.96. The molecule has 1 aliphatic rings. The van der Waals surface area contributed by atoms with E-state index in [0.29, 0.717) is 29.9 Å². The second kappa shape index (κ2) is 8.80. The summed E-state index contributed by atoms with van der Waals surface area (Å²) in [4.78, 5) is 15.5. The van der Waals surface area contributed by atoms with E-state index in [2.05, 4.69) is 0 Å². The highest BCUT2D eigenvalue weighted by Crippen LogP contribution is 2.35. The smallest absolute Gasteiger partial charge is 0.349 e. The van der Waals surface area contributed by atoms with Crippen LogP contribution in [0.3, 0.4) is 0 Å². The maximum Gasteiger partial charge on any atom is 0.417 e. The summed E-state index contributed by atoms with van der Waals surface area (Å²) < 4.78 is 39.7. The molecule has 1 heterocycles. The number of thiocarbonyl (C=S) groups is 1. The molecule has 162 valence electrons. The van der Waals surface area contributed by atoms with Crippen molar-refractivity contribution in [2.24, 2.45) is 5.92 Å². The number of hydrogen-bond donors (Lipinski definition) is 0. The Morgan fingerprint density at radius 3 is 2.45 bits per heavy atom. The molecule has 0 saturated carbocycles. The standard InChI is InChI=1S/C24H23F3N2OS/c1-23(2)21(30)13-18(22(31)29(23)15-17-6-4-3-5-7-17)10-8-16-9-11-19(14-28)20(12-16)24(25,26)27/h3-7,9,11-12,18H,8,10,13,15H2,1-2H3. The van der Waals surface area contributed by atoms with Gasteiger partial charge in [-0.15, -0.1) is 0 Å². The second-order valence-electron chi connectivity index (χ2n) is 8.32. The maximum absolute atomic E-state index is 13.2. The summed E-state index contributed by atoms with van der Waals surface area (Å²) in [5.74, 6) is -0.151. The minimum absolute atomic E-state index is 0.0674. The van der Waals surface area contributed by atoms with Crippen molar-refractivity contribution in [3.05, 3.63) is 70.8 Å². The van der Waals surface area contributed by atoms with E-state index in [4.69, 9.17) is 17.5 Å². The third-order valence-electron chi connectivity index (χ3n) is 5.88. The molecule has 7 heteroatoms. The first-order chi connectivity index (χ1) is 14.5. The number of likely N-dealkylation sites (tertiary alicyclic amines) is 1. The number of carbonyl (C=O) groups excluding carboxylic acids is 1. The van der Waals surface area contributed by atoms with Gasteiger partial charge in [0.15, 0.2) is 5.78 Å². The quantitative estimate of drug-likeness (QED) is 0.555. The van der Waals surface area contributed by atoms with E-state index in [-0.39, 0.29) is 18.1 Å². The van der Waals surface area contributed by atoms with Gasteiger partial charge < -0.3 is 4.90 Å². The zero-order valence-corrected chi connectivity index (χ0v) is 18.2. The summed E-state index contributed by atoms with van der Waals surface area (Å²) in [6, 6.07) is 15.1. The summed E-state index contributed by atoms with van der Waals surface area (Å²) in [5.41, 5.74) is -0.548. The monoisotopic (exact) mass is 444 g/mol. The number of Topliss-reactive ketones (excluding diaryl/α,β-unsaturated/α-hetero) is 1. The molecule has 1 fully saturated rings. The molecule has 0 aromatic heterocycles. The Morgan fingerprint density at radius 2 is 1.84 bits per heavy atom. The number of nitriles is 1. The van der Waals surface area contributed by atoms with Crippen LogP contribution in [0.2, 0.25) is 0 Å². The third-order valence-corrected chi connectivity index (χ3v) is 6.43. The molecular weight excluding hydrogens is 421 g/mol. The van der Waals surface area contributed by atoms with Gasteiger partial charge >= 0.3 is 6.18 Å². The van der Waals surface area contributed by atoms with Crippen LogP contribution < -0.4 is 0 Å². The number of piperidine rings is 1. The number of benzene rings is 2. The molecule has 0 amide bonds. The summed E-state index contributed by atoms with van der Waals surface area (Å²) in [5, 5.41) is 8.96. The van der Waals surface area contributed by atoms with Gasteiger partial charge in [0, 0.05) is 18.9 Å². The van der Waals surface area contributed by atoms with E-state index in [9.17, 15) is 18.0 Å². The van der Waals surface area contributed by atoms with Crippen LogP contribution in [0.25, 0.3) is 0 Å². The fourth-order valence-electron chi connectivity index (χ4n) is 3.89. The highest BCUT2D eigenvalue weighted by molar-refractivity contribution is 7.80. The number of alkyl halides is 3. The van der Waals surface area contributed by atoms with Crippen molar-refractivity contribution < 1.29 is 18.0 Å².